The molecule has 1 aliphatic rings. The van der Waals surface area contributed by atoms with Crippen LogP contribution in [0.1, 0.15) is 74.4 Å². The van der Waals surface area contributed by atoms with Gasteiger partial charge in [0.1, 0.15) is 16.9 Å². The molecule has 0 bridgehead atoms. The second-order valence-corrected chi connectivity index (χ2v) is 12.5. The minimum atomic E-state index is -0.589. The highest BCUT2D eigenvalue weighted by molar-refractivity contribution is 7.15. The highest BCUT2D eigenvalue weighted by Crippen LogP contribution is 2.39. The van der Waals surface area contributed by atoms with Gasteiger partial charge in [0.15, 0.2) is 5.82 Å². The molecule has 0 aliphatic carbocycles. The van der Waals surface area contributed by atoms with Gasteiger partial charge in [-0.3, -0.25) is 19.1 Å². The Morgan fingerprint density at radius 2 is 1.83 bits per heavy atom. The van der Waals surface area contributed by atoms with Crippen LogP contribution in [0.15, 0.2) is 47.5 Å². The van der Waals surface area contributed by atoms with E-state index >= 15 is 0 Å². The van der Waals surface area contributed by atoms with Gasteiger partial charge in [0.05, 0.1) is 31.4 Å². The Bertz CT molecular complexity index is 1940. The summed E-state index contributed by atoms with van der Waals surface area (Å²) in [6, 6.07) is 11.7. The maximum absolute atomic E-state index is 13.2. The van der Waals surface area contributed by atoms with Crippen LogP contribution in [-0.2, 0) is 14.3 Å². The number of carbonyl (C=O) groups excluding carboxylic acids is 3. The molecule has 250 valence electrons. The van der Waals surface area contributed by atoms with E-state index in [0.29, 0.717) is 40.9 Å². The van der Waals surface area contributed by atoms with Crippen LogP contribution in [-0.4, -0.2) is 58.5 Å². The molecule has 11 nitrogen and oxygen atoms in total. The van der Waals surface area contributed by atoms with Gasteiger partial charge in [0.25, 0.3) is 0 Å². The molecule has 0 radical (unpaired) electrons. The highest BCUT2D eigenvalue weighted by Gasteiger charge is 2.32. The molecular formula is C34H35Cl2N7O4S. The summed E-state index contributed by atoms with van der Waals surface area (Å²) < 4.78 is 6.81. The van der Waals surface area contributed by atoms with Crippen molar-refractivity contribution in [2.75, 3.05) is 25.5 Å². The van der Waals surface area contributed by atoms with Crippen LogP contribution in [0.25, 0.3) is 5.00 Å². The molecule has 3 heterocycles. The van der Waals surface area contributed by atoms with Crippen molar-refractivity contribution >= 4 is 64.5 Å². The number of aryl methyl sites for hydroxylation is 2. The SMILES string of the molecule is COC(=O)c1ccc(NC(=O)CCCNC(=O)C[C@@H]2N=C(c3ccc(Cl)cc3)c3c(sc(C)c3C)-n3c(C)nnc32)cc1C#CCN.Cl. The summed E-state index contributed by atoms with van der Waals surface area (Å²) in [4.78, 5) is 44.2. The zero-order valence-electron chi connectivity index (χ0n) is 26.8. The molecule has 2 aromatic heterocycles. The molecule has 0 fully saturated rings. The van der Waals surface area contributed by atoms with Crippen LogP contribution in [0.2, 0.25) is 5.02 Å². The van der Waals surface area contributed by atoms with Gasteiger partial charge in [-0.2, -0.15) is 0 Å². The van der Waals surface area contributed by atoms with Crippen LogP contribution in [0.5, 0.6) is 0 Å². The summed E-state index contributed by atoms with van der Waals surface area (Å²) in [6.45, 7) is 6.45. The van der Waals surface area contributed by atoms with Crippen molar-refractivity contribution < 1.29 is 19.1 Å². The Hall–Kier alpha value is -4.54. The molecule has 1 aliphatic heterocycles. The van der Waals surface area contributed by atoms with Crippen molar-refractivity contribution in [3.63, 3.8) is 0 Å². The fourth-order valence-electron chi connectivity index (χ4n) is 5.24. The zero-order chi connectivity index (χ0) is 33.7. The molecule has 1 atom stereocenters. The van der Waals surface area contributed by atoms with E-state index in [1.807, 2.05) is 35.8 Å². The predicted molar refractivity (Wildman–Crippen MR) is 190 cm³/mol. The first-order valence-corrected chi connectivity index (χ1v) is 16.1. The van der Waals surface area contributed by atoms with E-state index in [1.54, 1.807) is 29.5 Å². The van der Waals surface area contributed by atoms with Crippen molar-refractivity contribution in [2.45, 2.75) is 46.1 Å². The Morgan fingerprint density at radius 3 is 2.54 bits per heavy atom. The van der Waals surface area contributed by atoms with Crippen LogP contribution in [0.4, 0.5) is 5.69 Å². The van der Waals surface area contributed by atoms with E-state index in [0.717, 1.165) is 32.3 Å². The molecule has 0 unspecified atom stereocenters. The number of rotatable bonds is 9. The van der Waals surface area contributed by atoms with Crippen molar-refractivity contribution in [2.24, 2.45) is 10.7 Å². The number of hydrogen-bond donors (Lipinski definition) is 3. The highest BCUT2D eigenvalue weighted by atomic mass is 35.5. The Kier molecular flexibility index (Phi) is 12.1. The summed E-state index contributed by atoms with van der Waals surface area (Å²) in [5, 5.41) is 16.1. The summed E-state index contributed by atoms with van der Waals surface area (Å²) >= 11 is 7.84. The number of methoxy groups -OCH3 is 1. The number of halogens is 2. The quantitative estimate of drug-likeness (QED) is 0.122. The third kappa shape index (κ3) is 7.94. The van der Waals surface area contributed by atoms with E-state index in [-0.39, 0.29) is 49.2 Å². The smallest absolute Gasteiger partial charge is 0.339 e. The number of aliphatic imine (C=N–C) groups is 1. The maximum Gasteiger partial charge on any atom is 0.339 e. The number of carbonyl (C=O) groups is 3. The van der Waals surface area contributed by atoms with Gasteiger partial charge in [-0.1, -0.05) is 35.6 Å². The monoisotopic (exact) mass is 707 g/mol. The molecule has 0 saturated heterocycles. The Morgan fingerprint density at radius 1 is 1.08 bits per heavy atom. The van der Waals surface area contributed by atoms with Gasteiger partial charge in [-0.05, 0) is 63.1 Å². The van der Waals surface area contributed by atoms with Crippen molar-refractivity contribution in [1.29, 1.82) is 0 Å². The van der Waals surface area contributed by atoms with Gasteiger partial charge in [-0.15, -0.1) is 33.9 Å². The number of esters is 1. The van der Waals surface area contributed by atoms with Gasteiger partial charge in [0.2, 0.25) is 11.8 Å². The Labute approximate surface area is 293 Å². The second-order valence-electron chi connectivity index (χ2n) is 10.9. The van der Waals surface area contributed by atoms with Gasteiger partial charge in [-0.25, -0.2) is 4.79 Å². The third-order valence-corrected chi connectivity index (χ3v) is 9.12. The third-order valence-electron chi connectivity index (χ3n) is 7.67. The fourth-order valence-corrected chi connectivity index (χ4v) is 6.58. The number of nitrogens with zero attached hydrogens (tertiary/aromatic N) is 4. The van der Waals surface area contributed by atoms with Crippen molar-refractivity contribution in [1.82, 2.24) is 20.1 Å². The maximum atomic E-state index is 13.2. The molecule has 0 saturated carbocycles. The molecule has 5 rings (SSSR count). The summed E-state index contributed by atoms with van der Waals surface area (Å²) in [7, 11) is 1.29. The second kappa shape index (κ2) is 16.0. The number of nitrogens with one attached hydrogen (secondary N) is 2. The first-order chi connectivity index (χ1) is 22.6. The average Bonchev–Trinajstić information content (AvgIpc) is 3.53. The molecule has 2 aromatic carbocycles. The minimum absolute atomic E-state index is 0. The van der Waals surface area contributed by atoms with Gasteiger partial charge >= 0.3 is 5.97 Å². The topological polar surface area (TPSA) is 154 Å². The fraction of sp³-hybridized carbons (Fsp3) is 0.294. The van der Waals surface area contributed by atoms with Crippen LogP contribution < -0.4 is 16.4 Å². The number of ether oxygens (including phenoxy) is 1. The summed E-state index contributed by atoms with van der Waals surface area (Å²) in [5.41, 5.74) is 10.4. The number of benzene rings is 2. The average molecular weight is 709 g/mol. The van der Waals surface area contributed by atoms with Crippen LogP contribution in [0, 0.1) is 32.6 Å². The molecule has 2 amide bonds. The number of amides is 2. The van der Waals surface area contributed by atoms with E-state index in [1.165, 1.54) is 7.11 Å². The molecule has 48 heavy (non-hydrogen) atoms. The number of aromatic nitrogens is 3. The van der Waals surface area contributed by atoms with Gasteiger partial charge < -0.3 is 21.1 Å². The lowest BCUT2D eigenvalue weighted by atomic mass is 9.99. The number of thiophene rings is 1. The van der Waals surface area contributed by atoms with E-state index < -0.39 is 12.0 Å². The standard InChI is InChI=1S/C34H34ClN7O4S.ClH/c1-19-20(2)47-33-30(19)31(22-9-11-24(35)12-10-22)39-27(32-41-40-21(3)42(32)33)18-29(44)37-16-6-8-28(43)38-25-13-14-26(34(45)46-4)23(17-25)7-5-15-36;/h9-14,17,27H,6,8,15-16,18,36H2,1-4H3,(H,37,44)(H,38,43);1H/t27-;/m0./s1. The lowest BCUT2D eigenvalue weighted by Gasteiger charge is -2.13. The lowest BCUT2D eigenvalue weighted by molar-refractivity contribution is -0.122. The Balaban J connectivity index is 0.00000520. The van der Waals surface area contributed by atoms with Crippen molar-refractivity contribution in [3.05, 3.63) is 91.8 Å². The van der Waals surface area contributed by atoms with Gasteiger partial charge in [0, 0.05) is 45.2 Å². The van der Waals surface area contributed by atoms with E-state index in [2.05, 4.69) is 46.5 Å². The van der Waals surface area contributed by atoms with E-state index in [4.69, 9.17) is 27.1 Å². The predicted octanol–water partition coefficient (Wildman–Crippen LogP) is 5.24. The number of hydrogen-bond acceptors (Lipinski definition) is 9. The zero-order valence-corrected chi connectivity index (χ0v) is 29.2. The normalized spacial score (nSPS) is 13.0. The molecule has 14 heteroatoms. The molecular weight excluding hydrogens is 673 g/mol. The molecule has 4 N–H and O–H groups in total. The first-order valence-electron chi connectivity index (χ1n) is 15.0. The summed E-state index contributed by atoms with van der Waals surface area (Å²) in [6.07, 6.45) is 0.623. The summed E-state index contributed by atoms with van der Waals surface area (Å²) in [5.74, 6) is 5.85. The minimum Gasteiger partial charge on any atom is -0.465 e. The van der Waals surface area contributed by atoms with Crippen LogP contribution >= 0.6 is 35.3 Å². The number of nitrogens with two attached hydrogens (primary N) is 1. The van der Waals surface area contributed by atoms with Crippen molar-refractivity contribution in [3.8, 4) is 16.8 Å². The number of fused-ring (bicyclic) bond motifs is 3. The molecule has 0 spiro atoms. The van der Waals surface area contributed by atoms with Crippen LogP contribution in [0.3, 0.4) is 0 Å². The number of anilines is 1. The molecule has 4 aromatic rings. The van der Waals surface area contributed by atoms with E-state index in [9.17, 15) is 14.4 Å². The first kappa shape index (κ1) is 36.3. The lowest BCUT2D eigenvalue weighted by Crippen LogP contribution is -2.27. The largest absolute Gasteiger partial charge is 0.465 e.